The topological polar surface area (TPSA) is 97.0 Å². The fourth-order valence-corrected chi connectivity index (χ4v) is 3.87. The first kappa shape index (κ1) is 24.9. The Labute approximate surface area is 214 Å². The molecular weight excluding hydrogens is 533 g/mol. The molecule has 0 aromatic heterocycles. The number of para-hydroxylation sites is 1. The number of amides is 4. The summed E-state index contributed by atoms with van der Waals surface area (Å²) in [5.41, 5.74) is 1.45. The monoisotopic (exact) mass is 553 g/mol. The summed E-state index contributed by atoms with van der Waals surface area (Å²) in [7, 11) is 1.49. The number of benzene rings is 3. The summed E-state index contributed by atoms with van der Waals surface area (Å²) >= 11 is 3.46. The molecule has 8 nitrogen and oxygen atoms in total. The summed E-state index contributed by atoms with van der Waals surface area (Å²) in [6.07, 6.45) is 1.46. The van der Waals surface area contributed by atoms with Gasteiger partial charge in [-0.2, -0.15) is 0 Å². The summed E-state index contributed by atoms with van der Waals surface area (Å²) in [5, 5.41) is 4.81. The summed E-state index contributed by atoms with van der Waals surface area (Å²) in [4.78, 5) is 38.2. The van der Waals surface area contributed by atoms with Crippen molar-refractivity contribution in [3.63, 3.8) is 0 Å². The highest BCUT2D eigenvalue weighted by Gasteiger charge is 2.35. The SMILES string of the molecule is COc1cc(/C=C2/NC(=O)N(CC(=O)Nc3ccccc3F)C2=O)c(Br)cc1OCc1ccccc1. The van der Waals surface area contributed by atoms with E-state index >= 15 is 0 Å². The van der Waals surface area contributed by atoms with E-state index in [0.717, 1.165) is 10.5 Å². The summed E-state index contributed by atoms with van der Waals surface area (Å²) in [6.45, 7) is -0.240. The van der Waals surface area contributed by atoms with Crippen LogP contribution < -0.4 is 20.1 Å². The van der Waals surface area contributed by atoms with Crippen LogP contribution in [0.15, 0.2) is 76.9 Å². The molecule has 0 bridgehead atoms. The van der Waals surface area contributed by atoms with Crippen molar-refractivity contribution in [2.75, 3.05) is 19.0 Å². The summed E-state index contributed by atoms with van der Waals surface area (Å²) < 4.78 is 25.7. The van der Waals surface area contributed by atoms with E-state index in [2.05, 4.69) is 26.6 Å². The lowest BCUT2D eigenvalue weighted by Gasteiger charge is -2.13. The molecule has 3 aromatic rings. The molecule has 4 rings (SSSR count). The van der Waals surface area contributed by atoms with Crippen LogP contribution in [0.25, 0.3) is 6.08 Å². The van der Waals surface area contributed by atoms with Gasteiger partial charge in [-0.05, 0) is 41.5 Å². The van der Waals surface area contributed by atoms with Crippen LogP contribution in [0.5, 0.6) is 11.5 Å². The Bertz CT molecular complexity index is 1350. The smallest absolute Gasteiger partial charge is 0.329 e. The minimum absolute atomic E-state index is 0.0283. The van der Waals surface area contributed by atoms with Gasteiger partial charge in [-0.1, -0.05) is 58.4 Å². The summed E-state index contributed by atoms with van der Waals surface area (Å²) in [6, 6.07) is 17.8. The molecule has 4 amide bonds. The highest BCUT2D eigenvalue weighted by molar-refractivity contribution is 9.10. The maximum absolute atomic E-state index is 13.8. The van der Waals surface area contributed by atoms with Crippen LogP contribution in [0.3, 0.4) is 0 Å². The number of nitrogens with one attached hydrogen (secondary N) is 2. The van der Waals surface area contributed by atoms with Crippen LogP contribution in [0.4, 0.5) is 14.9 Å². The van der Waals surface area contributed by atoms with Gasteiger partial charge in [0.1, 0.15) is 24.7 Å². The van der Waals surface area contributed by atoms with Crippen molar-refractivity contribution in [3.8, 4) is 11.5 Å². The van der Waals surface area contributed by atoms with Gasteiger partial charge in [0.2, 0.25) is 5.91 Å². The van der Waals surface area contributed by atoms with Crippen molar-refractivity contribution in [1.29, 1.82) is 0 Å². The third-order valence-electron chi connectivity index (χ3n) is 5.23. The fraction of sp³-hybridized carbons (Fsp3) is 0.115. The van der Waals surface area contributed by atoms with Crippen molar-refractivity contribution in [2.45, 2.75) is 6.61 Å². The number of halogens is 2. The summed E-state index contributed by atoms with van der Waals surface area (Å²) in [5.74, 6) is -1.12. The zero-order valence-corrected chi connectivity index (χ0v) is 20.7. The largest absolute Gasteiger partial charge is 0.493 e. The average molecular weight is 554 g/mol. The number of rotatable bonds is 8. The predicted octanol–water partition coefficient (Wildman–Crippen LogP) is 4.71. The van der Waals surface area contributed by atoms with Gasteiger partial charge in [0.15, 0.2) is 11.5 Å². The number of hydrogen-bond donors (Lipinski definition) is 2. The van der Waals surface area contributed by atoms with E-state index in [4.69, 9.17) is 9.47 Å². The first-order chi connectivity index (χ1) is 17.4. The molecule has 3 aromatic carbocycles. The predicted molar refractivity (Wildman–Crippen MR) is 135 cm³/mol. The first-order valence-corrected chi connectivity index (χ1v) is 11.6. The molecule has 36 heavy (non-hydrogen) atoms. The minimum Gasteiger partial charge on any atom is -0.493 e. The van der Waals surface area contributed by atoms with Crippen LogP contribution in [-0.2, 0) is 16.2 Å². The molecule has 0 atom stereocenters. The number of imide groups is 1. The molecule has 0 unspecified atom stereocenters. The number of carbonyl (C=O) groups is 3. The van der Waals surface area contributed by atoms with Crippen LogP contribution in [0, 0.1) is 5.82 Å². The molecule has 10 heteroatoms. The normalized spacial score (nSPS) is 14.1. The van der Waals surface area contributed by atoms with Gasteiger partial charge in [0, 0.05) is 4.47 Å². The maximum atomic E-state index is 13.8. The van der Waals surface area contributed by atoms with Crippen molar-refractivity contribution in [2.24, 2.45) is 0 Å². The molecule has 1 aliphatic rings. The second-order valence-corrected chi connectivity index (χ2v) is 8.56. The average Bonchev–Trinajstić information content (AvgIpc) is 3.13. The Hall–Kier alpha value is -4.18. The number of hydrogen-bond acceptors (Lipinski definition) is 5. The van der Waals surface area contributed by atoms with Crippen LogP contribution in [-0.4, -0.2) is 36.4 Å². The maximum Gasteiger partial charge on any atom is 0.329 e. The van der Waals surface area contributed by atoms with E-state index in [0.29, 0.717) is 28.1 Å². The van der Waals surface area contributed by atoms with Crippen LogP contribution >= 0.6 is 15.9 Å². The van der Waals surface area contributed by atoms with Crippen LogP contribution in [0.1, 0.15) is 11.1 Å². The van der Waals surface area contributed by atoms with Gasteiger partial charge in [-0.25, -0.2) is 14.1 Å². The van der Waals surface area contributed by atoms with Gasteiger partial charge < -0.3 is 20.1 Å². The highest BCUT2D eigenvalue weighted by atomic mass is 79.9. The molecule has 0 spiro atoms. The second kappa shape index (κ2) is 11.0. The van der Waals surface area contributed by atoms with Crippen molar-refractivity contribution in [3.05, 3.63) is 93.8 Å². The van der Waals surface area contributed by atoms with Gasteiger partial charge in [0.25, 0.3) is 5.91 Å². The van der Waals surface area contributed by atoms with Gasteiger partial charge in [-0.15, -0.1) is 0 Å². The highest BCUT2D eigenvalue weighted by Crippen LogP contribution is 2.35. The van der Waals surface area contributed by atoms with Crippen LogP contribution in [0.2, 0.25) is 0 Å². The van der Waals surface area contributed by atoms with Crippen molar-refractivity contribution < 1.29 is 28.2 Å². The van der Waals surface area contributed by atoms with E-state index in [-0.39, 0.29) is 11.4 Å². The third kappa shape index (κ3) is 5.72. The number of urea groups is 1. The quantitative estimate of drug-likeness (QED) is 0.311. The Morgan fingerprint density at radius 1 is 1.08 bits per heavy atom. The molecule has 0 radical (unpaired) electrons. The van der Waals surface area contributed by atoms with E-state index in [1.54, 1.807) is 18.2 Å². The molecule has 1 aliphatic heterocycles. The molecule has 1 saturated heterocycles. The van der Waals surface area contributed by atoms with Gasteiger partial charge in [-0.3, -0.25) is 9.59 Å². The van der Waals surface area contributed by atoms with E-state index < -0.39 is 30.2 Å². The minimum atomic E-state index is -0.763. The Kier molecular flexibility index (Phi) is 7.65. The number of methoxy groups -OCH3 is 1. The lowest BCUT2D eigenvalue weighted by Crippen LogP contribution is -2.38. The van der Waals surface area contributed by atoms with E-state index in [1.807, 2.05) is 30.3 Å². The molecule has 184 valence electrons. The van der Waals surface area contributed by atoms with E-state index in [1.165, 1.54) is 31.4 Å². The van der Waals surface area contributed by atoms with Gasteiger partial charge in [0.05, 0.1) is 12.8 Å². The molecule has 2 N–H and O–H groups in total. The lowest BCUT2D eigenvalue weighted by molar-refractivity contribution is -0.127. The zero-order valence-electron chi connectivity index (χ0n) is 19.1. The third-order valence-corrected chi connectivity index (χ3v) is 5.92. The van der Waals surface area contributed by atoms with Crippen molar-refractivity contribution in [1.82, 2.24) is 10.2 Å². The lowest BCUT2D eigenvalue weighted by atomic mass is 10.1. The fourth-order valence-electron chi connectivity index (χ4n) is 3.44. The zero-order chi connectivity index (χ0) is 25.7. The molecule has 0 aliphatic carbocycles. The number of anilines is 1. The first-order valence-electron chi connectivity index (χ1n) is 10.8. The molecule has 0 saturated carbocycles. The number of nitrogens with zero attached hydrogens (tertiary/aromatic N) is 1. The number of carbonyl (C=O) groups excluding carboxylic acids is 3. The van der Waals surface area contributed by atoms with Crippen molar-refractivity contribution >= 4 is 45.5 Å². The Morgan fingerprint density at radius 2 is 1.81 bits per heavy atom. The molecular formula is C26H21BrFN3O5. The molecule has 1 fully saturated rings. The number of ether oxygens (including phenoxy) is 2. The standard InChI is InChI=1S/C26H21BrFN3O5/c1-35-22-12-17(18(27)13-23(22)36-15-16-7-3-2-4-8-16)11-21-25(33)31(26(34)30-21)14-24(32)29-20-10-6-5-9-19(20)28/h2-13H,14-15H2,1H3,(H,29,32)(H,30,34)/b21-11+. The Balaban J connectivity index is 1.48. The second-order valence-electron chi connectivity index (χ2n) is 7.71. The van der Waals surface area contributed by atoms with Gasteiger partial charge >= 0.3 is 6.03 Å². The Morgan fingerprint density at radius 3 is 2.53 bits per heavy atom. The van der Waals surface area contributed by atoms with E-state index in [9.17, 15) is 18.8 Å². The molecule has 1 heterocycles.